The van der Waals surface area contributed by atoms with Gasteiger partial charge in [0.1, 0.15) is 0 Å². The van der Waals surface area contributed by atoms with Crippen molar-refractivity contribution in [3.63, 3.8) is 0 Å². The van der Waals surface area contributed by atoms with Gasteiger partial charge in [-0.1, -0.05) is 18.6 Å². The topological polar surface area (TPSA) is 37.3 Å². The van der Waals surface area contributed by atoms with Gasteiger partial charge >= 0.3 is 5.97 Å². The van der Waals surface area contributed by atoms with Gasteiger partial charge in [0.25, 0.3) is 0 Å². The minimum absolute atomic E-state index is 0.330. The molecule has 1 aliphatic carbocycles. The molecule has 0 aliphatic heterocycles. The van der Waals surface area contributed by atoms with Crippen molar-refractivity contribution >= 4 is 23.1 Å². The molecule has 0 aromatic carbocycles. The molecule has 1 fully saturated rings. The van der Waals surface area contributed by atoms with Crippen LogP contribution in [0.3, 0.4) is 0 Å². The maximum Gasteiger partial charge on any atom is 0.311 e. The lowest BCUT2D eigenvalue weighted by Gasteiger charge is -2.18. The molecule has 0 aromatic heterocycles. The molecular weight excluding hydrogens is 148 g/mol. The van der Waals surface area contributed by atoms with Crippen LogP contribution < -0.4 is 0 Å². The largest absolute Gasteiger partial charge is 0.481 e. The highest BCUT2D eigenvalue weighted by molar-refractivity contribution is 7.80. The maximum atomic E-state index is 10.5. The lowest BCUT2D eigenvalue weighted by molar-refractivity contribution is -0.139. The lowest BCUT2D eigenvalue weighted by Crippen LogP contribution is -2.25. The highest BCUT2D eigenvalue weighted by Gasteiger charge is 2.24. The zero-order valence-electron chi connectivity index (χ0n) is 5.67. The Morgan fingerprint density at radius 3 is 2.70 bits per heavy atom. The fourth-order valence-corrected chi connectivity index (χ4v) is 1.61. The smallest absolute Gasteiger partial charge is 0.311 e. The summed E-state index contributed by atoms with van der Waals surface area (Å²) >= 11 is 4.92. The number of carboxylic acid groups (broad SMARTS) is 1. The molecule has 0 heterocycles. The summed E-state index contributed by atoms with van der Waals surface area (Å²) in [7, 11) is 0. The molecule has 0 bridgehead atoms. The van der Waals surface area contributed by atoms with E-state index in [4.69, 9.17) is 17.3 Å². The van der Waals surface area contributed by atoms with Crippen LogP contribution in [0.1, 0.15) is 25.7 Å². The third-order valence-corrected chi connectivity index (χ3v) is 2.34. The van der Waals surface area contributed by atoms with Gasteiger partial charge in [0, 0.05) is 4.86 Å². The van der Waals surface area contributed by atoms with Crippen LogP contribution in [-0.4, -0.2) is 15.9 Å². The second kappa shape index (κ2) is 3.10. The van der Waals surface area contributed by atoms with Gasteiger partial charge in [-0.05, 0) is 19.3 Å². The molecule has 56 valence electrons. The molecule has 1 rings (SSSR count). The van der Waals surface area contributed by atoms with Crippen LogP contribution in [0, 0.1) is 5.92 Å². The molecular formula is C7H10O2S. The highest BCUT2D eigenvalue weighted by Crippen LogP contribution is 2.21. The maximum absolute atomic E-state index is 10.5. The number of carboxylic acids is 1. The summed E-state index contributed by atoms with van der Waals surface area (Å²) < 4.78 is 0. The van der Waals surface area contributed by atoms with E-state index in [1.807, 2.05) is 0 Å². The Kier molecular flexibility index (Phi) is 2.38. The van der Waals surface area contributed by atoms with Crippen LogP contribution in [0.4, 0.5) is 0 Å². The first-order valence-corrected chi connectivity index (χ1v) is 3.88. The predicted octanol–water partition coefficient (Wildman–Crippen LogP) is 1.63. The molecule has 1 N–H and O–H groups in total. The number of rotatable bonds is 1. The zero-order chi connectivity index (χ0) is 7.56. The van der Waals surface area contributed by atoms with Crippen molar-refractivity contribution in [1.82, 2.24) is 0 Å². The van der Waals surface area contributed by atoms with E-state index in [1.54, 1.807) is 0 Å². The summed E-state index contributed by atoms with van der Waals surface area (Å²) in [6.07, 6.45) is 3.65. The van der Waals surface area contributed by atoms with Gasteiger partial charge in [-0.3, -0.25) is 4.79 Å². The Balaban J connectivity index is 2.56. The summed E-state index contributed by atoms with van der Waals surface area (Å²) in [5.41, 5.74) is 0. The van der Waals surface area contributed by atoms with Gasteiger partial charge in [-0.25, -0.2) is 0 Å². The number of carbonyl (C=O) groups is 1. The van der Waals surface area contributed by atoms with Crippen LogP contribution in [0.25, 0.3) is 0 Å². The van der Waals surface area contributed by atoms with Crippen molar-refractivity contribution in [3.8, 4) is 0 Å². The molecule has 3 heteroatoms. The quantitative estimate of drug-likeness (QED) is 0.589. The minimum Gasteiger partial charge on any atom is -0.481 e. The Morgan fingerprint density at radius 2 is 2.30 bits per heavy atom. The second-order valence-electron chi connectivity index (χ2n) is 2.60. The molecule has 1 saturated carbocycles. The van der Waals surface area contributed by atoms with Crippen molar-refractivity contribution in [1.29, 1.82) is 0 Å². The molecule has 2 nitrogen and oxygen atoms in total. The van der Waals surface area contributed by atoms with Crippen LogP contribution in [0.2, 0.25) is 0 Å². The van der Waals surface area contributed by atoms with E-state index in [0.717, 1.165) is 30.5 Å². The average molecular weight is 158 g/mol. The standard InChI is InChI=1S/C7H10O2S/c8-7(9)5-3-1-2-4-6(5)10/h5H,1-4H2,(H,8,9). The van der Waals surface area contributed by atoms with Crippen LogP contribution in [0.15, 0.2) is 0 Å². The second-order valence-corrected chi connectivity index (χ2v) is 3.13. The molecule has 0 spiro atoms. The SMILES string of the molecule is O=C(O)C1CCCCC1=S. The Labute approximate surface area is 65.2 Å². The van der Waals surface area contributed by atoms with E-state index in [1.165, 1.54) is 0 Å². The molecule has 1 atom stereocenters. The van der Waals surface area contributed by atoms with Gasteiger partial charge in [0.2, 0.25) is 0 Å². The van der Waals surface area contributed by atoms with E-state index in [-0.39, 0.29) is 5.92 Å². The van der Waals surface area contributed by atoms with Crippen LogP contribution in [-0.2, 0) is 4.79 Å². The summed E-state index contributed by atoms with van der Waals surface area (Å²) in [5, 5.41) is 8.62. The highest BCUT2D eigenvalue weighted by atomic mass is 32.1. The third-order valence-electron chi connectivity index (χ3n) is 1.85. The first-order valence-electron chi connectivity index (χ1n) is 3.47. The van der Waals surface area contributed by atoms with E-state index in [9.17, 15) is 4.79 Å². The molecule has 1 unspecified atom stereocenters. The monoisotopic (exact) mass is 158 g/mol. The molecule has 0 amide bonds. The molecule has 10 heavy (non-hydrogen) atoms. The van der Waals surface area contributed by atoms with Crippen molar-refractivity contribution < 1.29 is 9.90 Å². The van der Waals surface area contributed by atoms with Crippen LogP contribution >= 0.6 is 12.2 Å². The van der Waals surface area contributed by atoms with E-state index in [2.05, 4.69) is 0 Å². The van der Waals surface area contributed by atoms with Crippen molar-refractivity contribution in [2.24, 2.45) is 5.92 Å². The summed E-state index contributed by atoms with van der Waals surface area (Å²) in [6.45, 7) is 0. The molecule has 0 saturated heterocycles. The average Bonchev–Trinajstić information content (AvgIpc) is 1.88. The van der Waals surface area contributed by atoms with Gasteiger partial charge in [-0.2, -0.15) is 0 Å². The Hall–Kier alpha value is -0.440. The number of thiocarbonyl (C=S) groups is 1. The summed E-state index contributed by atoms with van der Waals surface area (Å²) in [4.78, 5) is 11.2. The van der Waals surface area contributed by atoms with Gasteiger partial charge in [0.05, 0.1) is 5.92 Å². The number of hydrogen-bond acceptors (Lipinski definition) is 2. The first-order chi connectivity index (χ1) is 4.72. The third kappa shape index (κ3) is 1.53. The fraction of sp³-hybridized carbons (Fsp3) is 0.714. The molecule has 0 aromatic rings. The number of aliphatic carboxylic acids is 1. The Morgan fingerprint density at radius 1 is 1.60 bits per heavy atom. The van der Waals surface area contributed by atoms with Gasteiger partial charge in [0.15, 0.2) is 0 Å². The van der Waals surface area contributed by atoms with Crippen LogP contribution in [0.5, 0.6) is 0 Å². The van der Waals surface area contributed by atoms with Gasteiger partial charge in [-0.15, -0.1) is 0 Å². The van der Waals surface area contributed by atoms with Crippen molar-refractivity contribution in [3.05, 3.63) is 0 Å². The van der Waals surface area contributed by atoms with Gasteiger partial charge < -0.3 is 5.11 Å². The molecule has 1 aliphatic rings. The summed E-state index contributed by atoms with van der Waals surface area (Å²) in [5.74, 6) is -1.08. The minimum atomic E-state index is -0.746. The first kappa shape index (κ1) is 7.66. The normalized spacial score (nSPS) is 26.4. The zero-order valence-corrected chi connectivity index (χ0v) is 6.49. The predicted molar refractivity (Wildman–Crippen MR) is 42.2 cm³/mol. The summed E-state index contributed by atoms with van der Waals surface area (Å²) in [6, 6.07) is 0. The van der Waals surface area contributed by atoms with E-state index < -0.39 is 5.97 Å². The molecule has 0 radical (unpaired) electrons. The number of hydrogen-bond donors (Lipinski definition) is 1. The van der Waals surface area contributed by atoms with Crippen molar-refractivity contribution in [2.75, 3.05) is 0 Å². The lowest BCUT2D eigenvalue weighted by atomic mass is 9.89. The van der Waals surface area contributed by atoms with E-state index in [0.29, 0.717) is 0 Å². The van der Waals surface area contributed by atoms with Crippen molar-refractivity contribution in [2.45, 2.75) is 25.7 Å². The van der Waals surface area contributed by atoms with E-state index >= 15 is 0 Å². The fourth-order valence-electron chi connectivity index (χ4n) is 1.24. The Bertz CT molecular complexity index is 165.